The van der Waals surface area contributed by atoms with Crippen LogP contribution in [0.15, 0.2) is 66.7 Å². The fraction of sp³-hybridized carbons (Fsp3) is 0.538. The number of fused-ring (bicyclic) bond motifs is 1. The maximum Gasteiger partial charge on any atom is 0.294 e. The highest BCUT2D eigenvalue weighted by molar-refractivity contribution is 5.88. The van der Waals surface area contributed by atoms with Crippen LogP contribution in [0.25, 0.3) is 10.8 Å². The summed E-state index contributed by atoms with van der Waals surface area (Å²) in [5.41, 5.74) is 0.895. The highest BCUT2D eigenvalue weighted by Gasteiger charge is 2.40. The van der Waals surface area contributed by atoms with Crippen molar-refractivity contribution in [3.05, 3.63) is 77.9 Å². The number of rotatable bonds is 19. The van der Waals surface area contributed by atoms with Gasteiger partial charge in [0.1, 0.15) is 11.5 Å². The molecule has 5 heteroatoms. The van der Waals surface area contributed by atoms with E-state index in [4.69, 9.17) is 9.47 Å². The summed E-state index contributed by atoms with van der Waals surface area (Å²) >= 11 is 0. The van der Waals surface area contributed by atoms with E-state index in [-0.39, 0.29) is 24.2 Å². The smallest absolute Gasteiger partial charge is 0.294 e. The second-order valence-corrected chi connectivity index (χ2v) is 12.8. The topological polar surface area (TPSA) is 64.6 Å². The first-order chi connectivity index (χ1) is 21.5. The first-order valence-corrected chi connectivity index (χ1v) is 17.1. The van der Waals surface area contributed by atoms with Gasteiger partial charge >= 0.3 is 0 Å². The van der Waals surface area contributed by atoms with E-state index in [1.807, 2.05) is 37.3 Å². The summed E-state index contributed by atoms with van der Waals surface area (Å²) < 4.78 is 12.0. The standard InChI is InChI=1S/C39H53NO4/c1-4-6-8-13-26-43-34-24-25-35-33(27-34)18-14-19-36(35)38(32-16-11-9-12-17-32)39(3,44-29-41)40-28-37(42)31-22-20-30(21-23-31)15-10-7-5-2/h9,11-12,14,16-19,24-25,27,29-31,38,40H,4-8,10,13,15,20-23,26,28H2,1-3H3/t30-,31-,38-,39-/m1/s1. The Kier molecular flexibility index (Phi) is 13.3. The number of benzene rings is 3. The Bertz CT molecular complexity index is 1300. The maximum atomic E-state index is 13.5. The molecule has 0 amide bonds. The minimum atomic E-state index is -1.14. The van der Waals surface area contributed by atoms with Gasteiger partial charge in [0, 0.05) is 5.92 Å². The van der Waals surface area contributed by atoms with Crippen LogP contribution in [0.4, 0.5) is 0 Å². The van der Waals surface area contributed by atoms with E-state index < -0.39 is 5.72 Å². The van der Waals surface area contributed by atoms with Gasteiger partial charge in [0.15, 0.2) is 5.72 Å². The molecule has 2 atom stereocenters. The van der Waals surface area contributed by atoms with Crippen molar-refractivity contribution in [1.29, 1.82) is 0 Å². The van der Waals surface area contributed by atoms with Crippen molar-refractivity contribution in [2.75, 3.05) is 13.2 Å². The molecule has 3 aromatic carbocycles. The number of unbranched alkanes of at least 4 members (excludes halogenated alkanes) is 5. The molecule has 0 unspecified atom stereocenters. The van der Waals surface area contributed by atoms with Crippen LogP contribution in [-0.2, 0) is 14.3 Å². The highest BCUT2D eigenvalue weighted by Crippen LogP contribution is 2.40. The monoisotopic (exact) mass is 599 g/mol. The fourth-order valence-electron chi connectivity index (χ4n) is 6.96. The van der Waals surface area contributed by atoms with Crippen molar-refractivity contribution >= 4 is 23.0 Å². The van der Waals surface area contributed by atoms with Gasteiger partial charge in [-0.15, -0.1) is 0 Å². The summed E-state index contributed by atoms with van der Waals surface area (Å²) in [4.78, 5) is 25.5. The Morgan fingerprint density at radius 2 is 1.66 bits per heavy atom. The number of hydrogen-bond donors (Lipinski definition) is 1. The predicted octanol–water partition coefficient (Wildman–Crippen LogP) is 9.37. The van der Waals surface area contributed by atoms with Gasteiger partial charge in [-0.1, -0.05) is 113 Å². The minimum absolute atomic E-state index is 0.0681. The maximum absolute atomic E-state index is 13.5. The van der Waals surface area contributed by atoms with E-state index in [1.54, 1.807) is 0 Å². The number of hydrogen-bond acceptors (Lipinski definition) is 5. The molecule has 1 N–H and O–H groups in total. The third-order valence-corrected chi connectivity index (χ3v) is 9.57. The van der Waals surface area contributed by atoms with Crippen molar-refractivity contribution in [2.45, 2.75) is 109 Å². The molecule has 1 aliphatic rings. The zero-order valence-corrected chi connectivity index (χ0v) is 27.2. The molecule has 0 saturated heterocycles. The Morgan fingerprint density at radius 3 is 2.39 bits per heavy atom. The molecular weight excluding hydrogens is 546 g/mol. The minimum Gasteiger partial charge on any atom is -0.494 e. The Morgan fingerprint density at radius 1 is 0.909 bits per heavy atom. The first-order valence-electron chi connectivity index (χ1n) is 17.1. The summed E-state index contributed by atoms with van der Waals surface area (Å²) in [5.74, 6) is 1.54. The molecule has 1 aliphatic carbocycles. The van der Waals surface area contributed by atoms with Crippen LogP contribution in [-0.4, -0.2) is 31.1 Å². The van der Waals surface area contributed by atoms with Gasteiger partial charge < -0.3 is 9.47 Å². The van der Waals surface area contributed by atoms with Gasteiger partial charge in [-0.05, 0) is 79.0 Å². The fourth-order valence-corrected chi connectivity index (χ4v) is 6.96. The Balaban J connectivity index is 1.54. The van der Waals surface area contributed by atoms with Crippen molar-refractivity contribution in [3.8, 4) is 5.75 Å². The Labute approximate surface area is 265 Å². The number of ketones is 1. The molecule has 44 heavy (non-hydrogen) atoms. The summed E-state index contributed by atoms with van der Waals surface area (Å²) in [6.07, 6.45) is 14.0. The lowest BCUT2D eigenvalue weighted by Crippen LogP contribution is -2.52. The Hall–Kier alpha value is -3.18. The van der Waals surface area contributed by atoms with Crippen LogP contribution in [0.1, 0.15) is 115 Å². The van der Waals surface area contributed by atoms with E-state index >= 15 is 0 Å². The lowest BCUT2D eigenvalue weighted by Gasteiger charge is -2.38. The zero-order chi connectivity index (χ0) is 31.2. The predicted molar refractivity (Wildman–Crippen MR) is 180 cm³/mol. The highest BCUT2D eigenvalue weighted by atomic mass is 16.6. The number of nitrogens with one attached hydrogen (secondary N) is 1. The molecule has 3 aromatic rings. The third kappa shape index (κ3) is 9.17. The van der Waals surface area contributed by atoms with E-state index in [0.717, 1.165) is 65.7 Å². The number of ether oxygens (including phenoxy) is 2. The van der Waals surface area contributed by atoms with Crippen molar-refractivity contribution < 1.29 is 19.1 Å². The van der Waals surface area contributed by atoms with Crippen molar-refractivity contribution in [3.63, 3.8) is 0 Å². The molecule has 0 aromatic heterocycles. The molecular formula is C39H53NO4. The van der Waals surface area contributed by atoms with Crippen LogP contribution in [0.2, 0.25) is 0 Å². The molecule has 238 valence electrons. The van der Waals surface area contributed by atoms with Gasteiger partial charge in [0.2, 0.25) is 0 Å². The van der Waals surface area contributed by atoms with Crippen LogP contribution in [0.5, 0.6) is 5.75 Å². The SMILES string of the molecule is CCCCCCOc1ccc2c([C@@H](c3ccccc3)[C@](C)(NCC(=O)[C@H]3CC[C@H](CCCCC)CC3)OC=O)cccc2c1. The lowest BCUT2D eigenvalue weighted by molar-refractivity contribution is -0.148. The second-order valence-electron chi connectivity index (χ2n) is 12.8. The molecule has 0 bridgehead atoms. The van der Waals surface area contributed by atoms with Crippen molar-refractivity contribution in [2.24, 2.45) is 11.8 Å². The van der Waals surface area contributed by atoms with Crippen LogP contribution < -0.4 is 10.1 Å². The largest absolute Gasteiger partial charge is 0.494 e. The van der Waals surface area contributed by atoms with Gasteiger partial charge in [0.25, 0.3) is 6.47 Å². The third-order valence-electron chi connectivity index (χ3n) is 9.57. The molecule has 0 aliphatic heterocycles. The number of Topliss-reactive ketones (excluding diaryl/α,β-unsaturated/α-hetero) is 1. The molecule has 1 saturated carbocycles. The summed E-state index contributed by atoms with van der Waals surface area (Å²) in [7, 11) is 0. The normalized spacial score (nSPS) is 18.8. The zero-order valence-electron chi connectivity index (χ0n) is 27.2. The molecule has 5 nitrogen and oxygen atoms in total. The lowest BCUT2D eigenvalue weighted by atomic mass is 9.77. The number of carbonyl (C=O) groups excluding carboxylic acids is 2. The van der Waals surface area contributed by atoms with Crippen LogP contribution in [0, 0.1) is 11.8 Å². The van der Waals surface area contributed by atoms with E-state index in [0.29, 0.717) is 13.1 Å². The molecule has 0 spiro atoms. The van der Waals surface area contributed by atoms with Crippen LogP contribution >= 0.6 is 0 Å². The second kappa shape index (κ2) is 17.3. The molecule has 0 heterocycles. The quantitative estimate of drug-likeness (QED) is 0.0845. The van der Waals surface area contributed by atoms with E-state index in [2.05, 4.69) is 55.6 Å². The summed E-state index contributed by atoms with van der Waals surface area (Å²) in [5, 5.41) is 5.57. The number of carbonyl (C=O) groups is 2. The van der Waals surface area contributed by atoms with Gasteiger partial charge in [-0.3, -0.25) is 14.9 Å². The summed E-state index contributed by atoms with van der Waals surface area (Å²) in [6.45, 7) is 7.73. The van der Waals surface area contributed by atoms with E-state index in [1.165, 1.54) is 44.9 Å². The molecule has 1 fully saturated rings. The van der Waals surface area contributed by atoms with Crippen molar-refractivity contribution in [1.82, 2.24) is 5.32 Å². The first kappa shape index (κ1) is 33.7. The molecule has 4 rings (SSSR count). The van der Waals surface area contributed by atoms with E-state index in [9.17, 15) is 9.59 Å². The van der Waals surface area contributed by atoms with Crippen LogP contribution in [0.3, 0.4) is 0 Å². The average Bonchev–Trinajstić information content (AvgIpc) is 3.05. The van der Waals surface area contributed by atoms with Gasteiger partial charge in [0.05, 0.1) is 19.1 Å². The summed E-state index contributed by atoms with van der Waals surface area (Å²) in [6, 6.07) is 22.6. The van der Waals surface area contributed by atoms with Gasteiger partial charge in [-0.25, -0.2) is 0 Å². The molecule has 0 radical (unpaired) electrons. The average molecular weight is 600 g/mol. The van der Waals surface area contributed by atoms with Gasteiger partial charge in [-0.2, -0.15) is 0 Å².